The third-order valence-electron chi connectivity index (χ3n) is 2.70. The number of thiazole rings is 1. The van der Waals surface area contributed by atoms with Gasteiger partial charge in [0.25, 0.3) is 10.0 Å². The van der Waals surface area contributed by atoms with E-state index in [1.807, 2.05) is 0 Å². The van der Waals surface area contributed by atoms with Crippen molar-refractivity contribution in [2.45, 2.75) is 37.4 Å². The van der Waals surface area contributed by atoms with Crippen molar-refractivity contribution in [2.24, 2.45) is 0 Å². The molecule has 1 heterocycles. The summed E-state index contributed by atoms with van der Waals surface area (Å²) in [5.41, 5.74) is 0.230. The van der Waals surface area contributed by atoms with Crippen molar-refractivity contribution in [3.05, 3.63) is 15.4 Å². The molecule has 1 rings (SSSR count). The van der Waals surface area contributed by atoms with Crippen molar-refractivity contribution in [1.29, 1.82) is 0 Å². The summed E-state index contributed by atoms with van der Waals surface area (Å²) in [6.07, 6.45) is 0.477. The molecular formula is C10H16N2O5S2. The Kier molecular flexibility index (Phi) is 4.88. The summed E-state index contributed by atoms with van der Waals surface area (Å²) in [7, 11) is -3.98. The van der Waals surface area contributed by atoms with Crippen LogP contribution < -0.4 is 4.87 Å². The first-order valence-electron chi connectivity index (χ1n) is 5.63. The summed E-state index contributed by atoms with van der Waals surface area (Å²) >= 11 is 0.571. The number of carbonyl (C=O) groups is 1. The van der Waals surface area contributed by atoms with E-state index in [2.05, 4.69) is 4.98 Å². The van der Waals surface area contributed by atoms with Gasteiger partial charge in [0, 0.05) is 11.7 Å². The average Bonchev–Trinajstić information content (AvgIpc) is 2.64. The number of aromatic amines is 1. The first kappa shape index (κ1) is 15.9. The maximum Gasteiger partial charge on any atom is 0.318 e. The number of rotatable bonds is 6. The second kappa shape index (κ2) is 5.85. The normalized spacial score (nSPS) is 13.7. The number of hydrogen-bond acceptors (Lipinski definition) is 5. The Bertz CT molecular complexity index is 616. The van der Waals surface area contributed by atoms with Crippen molar-refractivity contribution < 1.29 is 18.3 Å². The van der Waals surface area contributed by atoms with Gasteiger partial charge in [-0.05, 0) is 20.3 Å². The van der Waals surface area contributed by atoms with Gasteiger partial charge >= 0.3 is 10.8 Å². The SMILES string of the molecule is CCC(C)N(CC(=O)O)S(=O)(=O)c1sc(=O)[nH]c1C. The van der Waals surface area contributed by atoms with E-state index < -0.39 is 33.5 Å². The minimum atomic E-state index is -3.98. The number of carboxylic acid groups (broad SMARTS) is 1. The Hall–Kier alpha value is -1.19. The molecule has 0 bridgehead atoms. The maximum absolute atomic E-state index is 12.4. The molecule has 0 aromatic carbocycles. The van der Waals surface area contributed by atoms with Crippen molar-refractivity contribution in [1.82, 2.24) is 9.29 Å². The first-order chi connectivity index (χ1) is 8.70. The number of carboxylic acids is 1. The van der Waals surface area contributed by atoms with Crippen LogP contribution in [0.15, 0.2) is 9.00 Å². The number of nitrogens with zero attached hydrogens (tertiary/aromatic N) is 1. The number of aromatic nitrogens is 1. The fraction of sp³-hybridized carbons (Fsp3) is 0.600. The zero-order valence-electron chi connectivity index (χ0n) is 10.8. The highest BCUT2D eigenvalue weighted by Crippen LogP contribution is 2.23. The Labute approximate surface area is 114 Å². The van der Waals surface area contributed by atoms with Crippen LogP contribution in [-0.4, -0.2) is 41.4 Å². The fourth-order valence-corrected chi connectivity index (χ4v) is 4.62. The van der Waals surface area contributed by atoms with Gasteiger partial charge in [-0.15, -0.1) is 0 Å². The van der Waals surface area contributed by atoms with Crippen molar-refractivity contribution in [2.75, 3.05) is 6.54 Å². The standard InChI is InChI=1S/C10H16N2O5S2/c1-4-6(2)12(5-8(13)14)19(16,17)9-7(3)11-10(15)18-9/h6H,4-5H2,1-3H3,(H,11,15)(H,13,14). The van der Waals surface area contributed by atoms with Gasteiger partial charge in [-0.25, -0.2) is 8.42 Å². The molecule has 0 spiro atoms. The molecule has 1 atom stereocenters. The van der Waals surface area contributed by atoms with Crippen LogP contribution in [0.1, 0.15) is 26.0 Å². The highest BCUT2D eigenvalue weighted by Gasteiger charge is 2.33. The summed E-state index contributed by atoms with van der Waals surface area (Å²) < 4.78 is 25.6. The van der Waals surface area contributed by atoms with E-state index in [1.54, 1.807) is 13.8 Å². The number of nitrogens with one attached hydrogen (secondary N) is 1. The lowest BCUT2D eigenvalue weighted by atomic mass is 10.2. The van der Waals surface area contributed by atoms with Crippen LogP contribution in [0.2, 0.25) is 0 Å². The number of hydrogen-bond donors (Lipinski definition) is 2. The van der Waals surface area contributed by atoms with Crippen LogP contribution in [0.25, 0.3) is 0 Å². The van der Waals surface area contributed by atoms with E-state index in [9.17, 15) is 18.0 Å². The number of sulfonamides is 1. The molecule has 0 aliphatic rings. The van der Waals surface area contributed by atoms with Gasteiger partial charge in [0.2, 0.25) is 0 Å². The Balaban J connectivity index is 3.30. The van der Waals surface area contributed by atoms with Gasteiger partial charge in [-0.2, -0.15) is 4.31 Å². The molecule has 19 heavy (non-hydrogen) atoms. The van der Waals surface area contributed by atoms with Crippen LogP contribution in [0.5, 0.6) is 0 Å². The third-order valence-corrected chi connectivity index (χ3v) is 6.24. The lowest BCUT2D eigenvalue weighted by Crippen LogP contribution is -2.41. The predicted molar refractivity (Wildman–Crippen MR) is 71.0 cm³/mol. The largest absolute Gasteiger partial charge is 0.480 e. The monoisotopic (exact) mass is 308 g/mol. The predicted octanol–water partition coefficient (Wildman–Crippen LogP) is 0.619. The molecule has 1 aromatic rings. The molecule has 9 heteroatoms. The van der Waals surface area contributed by atoms with Crippen molar-refractivity contribution >= 4 is 27.3 Å². The number of H-pyrrole nitrogens is 1. The molecule has 0 amide bonds. The molecule has 1 aromatic heterocycles. The van der Waals surface area contributed by atoms with Gasteiger partial charge in [-0.1, -0.05) is 18.3 Å². The third kappa shape index (κ3) is 3.43. The van der Waals surface area contributed by atoms with E-state index in [-0.39, 0.29) is 9.90 Å². The molecular weight excluding hydrogens is 292 g/mol. The lowest BCUT2D eigenvalue weighted by molar-refractivity contribution is -0.137. The molecule has 0 saturated heterocycles. The number of aliphatic carboxylic acids is 1. The second-order valence-corrected chi connectivity index (χ2v) is 7.20. The topological polar surface area (TPSA) is 108 Å². The van der Waals surface area contributed by atoms with Gasteiger partial charge in [0.05, 0.1) is 0 Å². The Morgan fingerprint density at radius 3 is 2.47 bits per heavy atom. The average molecular weight is 308 g/mol. The Morgan fingerprint density at radius 1 is 1.53 bits per heavy atom. The van der Waals surface area contributed by atoms with Gasteiger partial charge in [0.1, 0.15) is 6.54 Å². The van der Waals surface area contributed by atoms with Gasteiger partial charge in [-0.3, -0.25) is 9.59 Å². The van der Waals surface area contributed by atoms with Crippen LogP contribution in [0, 0.1) is 6.92 Å². The second-order valence-electron chi connectivity index (χ2n) is 4.13. The van der Waals surface area contributed by atoms with Crippen LogP contribution in [0.3, 0.4) is 0 Å². The molecule has 0 aliphatic heterocycles. The maximum atomic E-state index is 12.4. The first-order valence-corrected chi connectivity index (χ1v) is 7.89. The Morgan fingerprint density at radius 2 is 2.11 bits per heavy atom. The van der Waals surface area contributed by atoms with E-state index in [0.29, 0.717) is 17.8 Å². The minimum absolute atomic E-state index is 0.126. The molecule has 2 N–H and O–H groups in total. The highest BCUT2D eigenvalue weighted by atomic mass is 32.2. The molecule has 0 radical (unpaired) electrons. The summed E-state index contributed by atoms with van der Waals surface area (Å²) in [5, 5.41) is 8.84. The van der Waals surface area contributed by atoms with Crippen LogP contribution in [-0.2, 0) is 14.8 Å². The van der Waals surface area contributed by atoms with E-state index >= 15 is 0 Å². The van der Waals surface area contributed by atoms with E-state index in [4.69, 9.17) is 5.11 Å². The quantitative estimate of drug-likeness (QED) is 0.801. The number of aryl methyl sites for hydroxylation is 1. The van der Waals surface area contributed by atoms with Crippen molar-refractivity contribution in [3.63, 3.8) is 0 Å². The minimum Gasteiger partial charge on any atom is -0.480 e. The zero-order valence-corrected chi connectivity index (χ0v) is 12.5. The summed E-state index contributed by atoms with van der Waals surface area (Å²) in [6.45, 7) is 4.25. The molecule has 108 valence electrons. The van der Waals surface area contributed by atoms with Gasteiger partial charge < -0.3 is 10.1 Å². The summed E-state index contributed by atoms with van der Waals surface area (Å²) in [6, 6.07) is -0.460. The summed E-state index contributed by atoms with van der Waals surface area (Å²) in [5.74, 6) is -1.23. The molecule has 0 saturated carbocycles. The zero-order chi connectivity index (χ0) is 14.8. The van der Waals surface area contributed by atoms with E-state index in [0.717, 1.165) is 4.31 Å². The fourth-order valence-electron chi connectivity index (χ4n) is 1.56. The summed E-state index contributed by atoms with van der Waals surface area (Å²) in [4.78, 5) is 23.9. The van der Waals surface area contributed by atoms with Crippen molar-refractivity contribution in [3.8, 4) is 0 Å². The highest BCUT2D eigenvalue weighted by molar-refractivity contribution is 7.91. The molecule has 0 aliphatic carbocycles. The lowest BCUT2D eigenvalue weighted by Gasteiger charge is -2.25. The van der Waals surface area contributed by atoms with Gasteiger partial charge in [0.15, 0.2) is 4.21 Å². The smallest absolute Gasteiger partial charge is 0.318 e. The van der Waals surface area contributed by atoms with E-state index in [1.165, 1.54) is 6.92 Å². The molecule has 7 nitrogen and oxygen atoms in total. The van der Waals surface area contributed by atoms with Crippen LogP contribution >= 0.6 is 11.3 Å². The molecule has 0 fully saturated rings. The molecule has 1 unspecified atom stereocenters. The van der Waals surface area contributed by atoms with Crippen LogP contribution in [0.4, 0.5) is 0 Å².